The SMILES string of the molecule is CCCCCCO[C@@H](CC)C(=O)NCC#N. The van der Waals surface area contributed by atoms with Gasteiger partial charge in [-0.3, -0.25) is 4.79 Å². The summed E-state index contributed by atoms with van der Waals surface area (Å²) in [6.45, 7) is 4.74. The van der Waals surface area contributed by atoms with Gasteiger partial charge in [0.05, 0.1) is 6.07 Å². The summed E-state index contributed by atoms with van der Waals surface area (Å²) in [5.74, 6) is -0.181. The van der Waals surface area contributed by atoms with Gasteiger partial charge in [-0.25, -0.2) is 0 Å². The molecule has 0 aromatic carbocycles. The zero-order chi connectivity index (χ0) is 12.2. The lowest BCUT2D eigenvalue weighted by Crippen LogP contribution is -2.36. The third-order valence-corrected chi connectivity index (χ3v) is 2.32. The summed E-state index contributed by atoms with van der Waals surface area (Å²) in [6.07, 6.45) is 4.78. The van der Waals surface area contributed by atoms with Crippen molar-refractivity contribution in [2.45, 2.75) is 52.1 Å². The molecule has 0 aliphatic rings. The van der Waals surface area contributed by atoms with Gasteiger partial charge in [-0.05, 0) is 12.8 Å². The molecule has 0 fully saturated rings. The lowest BCUT2D eigenvalue weighted by atomic mass is 10.2. The molecule has 4 nitrogen and oxygen atoms in total. The van der Waals surface area contributed by atoms with Crippen molar-refractivity contribution >= 4 is 5.91 Å². The maximum Gasteiger partial charge on any atom is 0.249 e. The highest BCUT2D eigenvalue weighted by molar-refractivity contribution is 5.80. The second-order valence-corrected chi connectivity index (χ2v) is 3.70. The molecule has 16 heavy (non-hydrogen) atoms. The Morgan fingerprint density at radius 3 is 2.69 bits per heavy atom. The van der Waals surface area contributed by atoms with E-state index in [2.05, 4.69) is 12.2 Å². The van der Waals surface area contributed by atoms with Gasteiger partial charge in [-0.2, -0.15) is 5.26 Å². The van der Waals surface area contributed by atoms with Crippen LogP contribution in [0.4, 0.5) is 0 Å². The zero-order valence-electron chi connectivity index (χ0n) is 10.3. The van der Waals surface area contributed by atoms with Crippen molar-refractivity contribution in [1.82, 2.24) is 5.32 Å². The maximum absolute atomic E-state index is 11.5. The number of hydrogen-bond donors (Lipinski definition) is 1. The van der Waals surface area contributed by atoms with Crippen LogP contribution in [0.5, 0.6) is 0 Å². The number of nitrogens with zero attached hydrogens (tertiary/aromatic N) is 1. The topological polar surface area (TPSA) is 62.1 Å². The summed E-state index contributed by atoms with van der Waals surface area (Å²) in [4.78, 5) is 11.5. The van der Waals surface area contributed by atoms with Crippen LogP contribution < -0.4 is 5.32 Å². The summed E-state index contributed by atoms with van der Waals surface area (Å²) in [5, 5.41) is 10.8. The number of hydrogen-bond acceptors (Lipinski definition) is 3. The first-order valence-corrected chi connectivity index (χ1v) is 6.02. The first-order chi connectivity index (χ1) is 7.76. The summed E-state index contributed by atoms with van der Waals surface area (Å²) in [7, 11) is 0. The minimum absolute atomic E-state index is 0.0501. The zero-order valence-corrected chi connectivity index (χ0v) is 10.3. The van der Waals surface area contributed by atoms with Crippen LogP contribution in [0.1, 0.15) is 46.0 Å². The largest absolute Gasteiger partial charge is 0.368 e. The Morgan fingerprint density at radius 1 is 1.38 bits per heavy atom. The second kappa shape index (κ2) is 10.4. The molecule has 0 aromatic rings. The molecule has 0 saturated carbocycles. The number of carbonyl (C=O) groups is 1. The molecular formula is C12H22N2O2. The Labute approximate surface area is 98.0 Å². The first-order valence-electron chi connectivity index (χ1n) is 6.02. The molecule has 1 amide bonds. The average molecular weight is 226 g/mol. The van der Waals surface area contributed by atoms with Gasteiger partial charge < -0.3 is 10.1 Å². The standard InChI is InChI=1S/C12H22N2O2/c1-3-5-6-7-10-16-11(4-2)12(15)14-9-8-13/h11H,3-7,9-10H2,1-2H3,(H,14,15)/t11-/m0/s1. The minimum Gasteiger partial charge on any atom is -0.368 e. The van der Waals surface area contributed by atoms with E-state index in [1.165, 1.54) is 12.8 Å². The molecule has 0 saturated heterocycles. The summed E-state index contributed by atoms with van der Waals surface area (Å²) < 4.78 is 5.48. The quantitative estimate of drug-likeness (QED) is 0.483. The van der Waals surface area contributed by atoms with Crippen LogP contribution in [0.3, 0.4) is 0 Å². The number of carbonyl (C=O) groups excluding carboxylic acids is 1. The van der Waals surface area contributed by atoms with Gasteiger partial charge in [0.1, 0.15) is 12.6 Å². The normalized spacial score (nSPS) is 11.8. The van der Waals surface area contributed by atoms with Crippen LogP contribution in [-0.4, -0.2) is 25.2 Å². The molecule has 0 aromatic heterocycles. The Hall–Kier alpha value is -1.08. The minimum atomic E-state index is -0.407. The van der Waals surface area contributed by atoms with Crippen molar-refractivity contribution < 1.29 is 9.53 Å². The molecule has 0 spiro atoms. The highest BCUT2D eigenvalue weighted by Gasteiger charge is 2.15. The number of nitriles is 1. The van der Waals surface area contributed by atoms with Crippen LogP contribution in [-0.2, 0) is 9.53 Å². The van der Waals surface area contributed by atoms with Gasteiger partial charge in [0, 0.05) is 6.61 Å². The predicted octanol–water partition coefficient (Wildman–Crippen LogP) is 2.00. The van der Waals surface area contributed by atoms with Gasteiger partial charge >= 0.3 is 0 Å². The van der Waals surface area contributed by atoms with Crippen LogP contribution >= 0.6 is 0 Å². The number of nitrogens with one attached hydrogen (secondary N) is 1. The van der Waals surface area contributed by atoms with Gasteiger partial charge in [0.25, 0.3) is 0 Å². The smallest absolute Gasteiger partial charge is 0.249 e. The van der Waals surface area contributed by atoms with Crippen molar-refractivity contribution in [3.05, 3.63) is 0 Å². The molecule has 1 N–H and O–H groups in total. The molecule has 4 heteroatoms. The average Bonchev–Trinajstić information content (AvgIpc) is 2.31. The molecule has 0 bridgehead atoms. The van der Waals surface area contributed by atoms with E-state index in [9.17, 15) is 4.79 Å². The summed E-state index contributed by atoms with van der Waals surface area (Å²) >= 11 is 0. The lowest BCUT2D eigenvalue weighted by molar-refractivity contribution is -0.132. The molecule has 0 rings (SSSR count). The van der Waals surface area contributed by atoms with E-state index in [4.69, 9.17) is 10.00 Å². The van der Waals surface area contributed by atoms with Crippen molar-refractivity contribution in [2.24, 2.45) is 0 Å². The Bertz CT molecular complexity index is 224. The Kier molecular flexibility index (Phi) is 9.73. The van der Waals surface area contributed by atoms with E-state index in [0.717, 1.165) is 12.8 Å². The molecular weight excluding hydrogens is 204 g/mol. The number of amides is 1. The fourth-order valence-electron chi connectivity index (χ4n) is 1.37. The van der Waals surface area contributed by atoms with Crippen LogP contribution in [0, 0.1) is 11.3 Å². The monoisotopic (exact) mass is 226 g/mol. The second-order valence-electron chi connectivity index (χ2n) is 3.70. The highest BCUT2D eigenvalue weighted by Crippen LogP contribution is 2.03. The highest BCUT2D eigenvalue weighted by atomic mass is 16.5. The van der Waals surface area contributed by atoms with Crippen molar-refractivity contribution in [3.8, 4) is 6.07 Å². The predicted molar refractivity (Wildman–Crippen MR) is 62.8 cm³/mol. The van der Waals surface area contributed by atoms with E-state index in [1.807, 2.05) is 13.0 Å². The van der Waals surface area contributed by atoms with E-state index >= 15 is 0 Å². The maximum atomic E-state index is 11.5. The molecule has 0 aliphatic carbocycles. The van der Waals surface area contributed by atoms with Gasteiger partial charge in [-0.1, -0.05) is 33.1 Å². The van der Waals surface area contributed by atoms with E-state index in [0.29, 0.717) is 13.0 Å². The molecule has 92 valence electrons. The van der Waals surface area contributed by atoms with E-state index in [1.54, 1.807) is 0 Å². The third-order valence-electron chi connectivity index (χ3n) is 2.32. The van der Waals surface area contributed by atoms with Crippen molar-refractivity contribution in [2.75, 3.05) is 13.2 Å². The van der Waals surface area contributed by atoms with Crippen molar-refractivity contribution in [3.63, 3.8) is 0 Å². The molecule has 0 heterocycles. The molecule has 1 atom stereocenters. The van der Waals surface area contributed by atoms with Gasteiger partial charge in [0.2, 0.25) is 5.91 Å². The van der Waals surface area contributed by atoms with E-state index < -0.39 is 6.10 Å². The van der Waals surface area contributed by atoms with Gasteiger partial charge in [-0.15, -0.1) is 0 Å². The summed E-state index contributed by atoms with van der Waals surface area (Å²) in [6, 6.07) is 1.87. The number of rotatable bonds is 9. The molecule has 0 aliphatic heterocycles. The van der Waals surface area contributed by atoms with Crippen LogP contribution in [0.15, 0.2) is 0 Å². The number of unbranched alkanes of at least 4 members (excludes halogenated alkanes) is 3. The summed E-state index contributed by atoms with van der Waals surface area (Å²) in [5.41, 5.74) is 0. The van der Waals surface area contributed by atoms with Crippen molar-refractivity contribution in [1.29, 1.82) is 5.26 Å². The molecule has 0 radical (unpaired) electrons. The fraction of sp³-hybridized carbons (Fsp3) is 0.833. The fourth-order valence-corrected chi connectivity index (χ4v) is 1.37. The van der Waals surface area contributed by atoms with Crippen LogP contribution in [0.25, 0.3) is 0 Å². The molecule has 0 unspecified atom stereocenters. The van der Waals surface area contributed by atoms with E-state index in [-0.39, 0.29) is 12.5 Å². The number of ether oxygens (including phenoxy) is 1. The Morgan fingerprint density at radius 2 is 2.12 bits per heavy atom. The third kappa shape index (κ3) is 7.24. The lowest BCUT2D eigenvalue weighted by Gasteiger charge is -2.14. The first kappa shape index (κ1) is 14.9. The van der Waals surface area contributed by atoms with Gasteiger partial charge in [0.15, 0.2) is 0 Å². The Balaban J connectivity index is 3.66. The van der Waals surface area contributed by atoms with Crippen LogP contribution in [0.2, 0.25) is 0 Å².